The second kappa shape index (κ2) is 11.1. The van der Waals surface area contributed by atoms with Gasteiger partial charge in [-0.05, 0) is 29.8 Å². The third-order valence-electron chi connectivity index (χ3n) is 7.06. The lowest BCUT2D eigenvalue weighted by atomic mass is 9.99. The largest absolute Gasteiger partial charge is 0.573 e. The molecule has 1 aromatic carbocycles. The van der Waals surface area contributed by atoms with Gasteiger partial charge in [0, 0.05) is 58.3 Å². The van der Waals surface area contributed by atoms with Crippen molar-refractivity contribution in [1.82, 2.24) is 34.7 Å². The van der Waals surface area contributed by atoms with E-state index in [1.54, 1.807) is 36.3 Å². The van der Waals surface area contributed by atoms with Crippen LogP contribution in [0.1, 0.15) is 34.1 Å². The van der Waals surface area contributed by atoms with E-state index in [9.17, 15) is 27.6 Å². The molecule has 2 aromatic heterocycles. The number of alkyl halides is 3. The van der Waals surface area contributed by atoms with Crippen LogP contribution in [-0.4, -0.2) is 80.8 Å². The summed E-state index contributed by atoms with van der Waals surface area (Å²) in [5.41, 5.74) is 0.708. The summed E-state index contributed by atoms with van der Waals surface area (Å²) in [6.45, 7) is 1.87. The number of carbonyl (C=O) groups excluding carboxylic acids is 2. The van der Waals surface area contributed by atoms with Gasteiger partial charge in [-0.2, -0.15) is 0 Å². The highest BCUT2D eigenvalue weighted by molar-refractivity contribution is 5.93. The lowest BCUT2D eigenvalue weighted by Gasteiger charge is -2.20. The fraction of sp³-hybridized carbons (Fsp3) is 0.423. The fourth-order valence-electron chi connectivity index (χ4n) is 5.20. The standard InChI is InChI=1S/C26H28F3N7O4/c1-33-9-7-30-23(37)11-18-13-34(12-17-4-2-5-20(10-17)40-26(27,28)29)16-22(18)36-15-19(31-32-36)14-35-8-3-6-21(24(33)38)25(35)39/h2-6,8,10,15,18,22H,7,9,11-14,16H2,1H3,(H,30,37)/t18-,22+/m0/s1. The van der Waals surface area contributed by atoms with Crippen LogP contribution in [0.2, 0.25) is 0 Å². The third kappa shape index (κ3) is 6.33. The molecule has 4 heterocycles. The molecule has 0 saturated carbocycles. The number of hydrogen-bond donors (Lipinski definition) is 1. The lowest BCUT2D eigenvalue weighted by molar-refractivity contribution is -0.274. The van der Waals surface area contributed by atoms with Crippen molar-refractivity contribution < 1.29 is 27.5 Å². The molecule has 40 heavy (non-hydrogen) atoms. The Morgan fingerprint density at radius 2 is 1.95 bits per heavy atom. The zero-order valence-corrected chi connectivity index (χ0v) is 21.7. The zero-order chi connectivity index (χ0) is 28.4. The summed E-state index contributed by atoms with van der Waals surface area (Å²) in [4.78, 5) is 42.1. The van der Waals surface area contributed by atoms with Crippen molar-refractivity contribution >= 4 is 11.8 Å². The van der Waals surface area contributed by atoms with Crippen LogP contribution in [0.15, 0.2) is 53.6 Å². The Balaban J connectivity index is 1.39. The van der Waals surface area contributed by atoms with Gasteiger partial charge in [-0.15, -0.1) is 18.3 Å². The van der Waals surface area contributed by atoms with Crippen molar-refractivity contribution in [2.45, 2.75) is 31.9 Å². The third-order valence-corrected chi connectivity index (χ3v) is 7.06. The number of halogens is 3. The Morgan fingerprint density at radius 3 is 2.75 bits per heavy atom. The molecule has 1 N–H and O–H groups in total. The van der Waals surface area contributed by atoms with E-state index in [1.807, 2.05) is 4.90 Å². The number of hydrogen-bond acceptors (Lipinski definition) is 7. The van der Waals surface area contributed by atoms with Crippen molar-refractivity contribution in [3.05, 3.63) is 76.0 Å². The van der Waals surface area contributed by atoms with E-state index in [1.165, 1.54) is 33.7 Å². The molecular formula is C26H28F3N7O4. The number of benzene rings is 1. The van der Waals surface area contributed by atoms with E-state index in [4.69, 9.17) is 0 Å². The van der Waals surface area contributed by atoms with Crippen LogP contribution in [-0.2, 0) is 17.9 Å². The number of pyridine rings is 1. The van der Waals surface area contributed by atoms with E-state index >= 15 is 0 Å². The molecular weight excluding hydrogens is 531 g/mol. The van der Waals surface area contributed by atoms with Crippen molar-refractivity contribution in [3.63, 3.8) is 0 Å². The van der Waals surface area contributed by atoms with Gasteiger partial charge in [0.1, 0.15) is 17.0 Å². The molecule has 5 rings (SSSR count). The molecule has 3 aromatic rings. The maximum atomic E-state index is 13.0. The molecule has 1 fully saturated rings. The first-order chi connectivity index (χ1) is 19.1. The number of likely N-dealkylation sites (N-methyl/N-ethyl adjacent to an activating group) is 1. The van der Waals surface area contributed by atoms with Gasteiger partial charge < -0.3 is 19.5 Å². The van der Waals surface area contributed by atoms with Crippen LogP contribution < -0.4 is 15.6 Å². The van der Waals surface area contributed by atoms with Gasteiger partial charge in [0.2, 0.25) is 5.91 Å². The van der Waals surface area contributed by atoms with Gasteiger partial charge in [0.15, 0.2) is 0 Å². The Bertz CT molecular complexity index is 1450. The van der Waals surface area contributed by atoms with E-state index < -0.39 is 17.8 Å². The summed E-state index contributed by atoms with van der Waals surface area (Å²) in [6.07, 6.45) is -1.30. The highest BCUT2D eigenvalue weighted by Gasteiger charge is 2.36. The molecule has 0 unspecified atom stereocenters. The smallest absolute Gasteiger partial charge is 0.406 e. The first-order valence-electron chi connectivity index (χ1n) is 12.7. The number of aromatic nitrogens is 4. The van der Waals surface area contributed by atoms with Gasteiger partial charge in [0.05, 0.1) is 18.8 Å². The second-order valence-electron chi connectivity index (χ2n) is 10.0. The van der Waals surface area contributed by atoms with Gasteiger partial charge in [-0.25, -0.2) is 4.68 Å². The molecule has 4 bridgehead atoms. The van der Waals surface area contributed by atoms with Gasteiger partial charge >= 0.3 is 6.36 Å². The van der Waals surface area contributed by atoms with Gasteiger partial charge in [-0.1, -0.05) is 17.3 Å². The summed E-state index contributed by atoms with van der Waals surface area (Å²) in [5, 5.41) is 11.3. The van der Waals surface area contributed by atoms with Gasteiger partial charge in [0.25, 0.3) is 11.5 Å². The van der Waals surface area contributed by atoms with Crippen LogP contribution in [0.4, 0.5) is 13.2 Å². The van der Waals surface area contributed by atoms with E-state index in [-0.39, 0.29) is 55.2 Å². The van der Waals surface area contributed by atoms with Gasteiger partial charge in [-0.3, -0.25) is 19.3 Å². The fourth-order valence-corrected chi connectivity index (χ4v) is 5.20. The minimum atomic E-state index is -4.78. The monoisotopic (exact) mass is 559 g/mol. The summed E-state index contributed by atoms with van der Waals surface area (Å²) in [5.74, 6) is -1.10. The summed E-state index contributed by atoms with van der Waals surface area (Å²) >= 11 is 0. The molecule has 14 heteroatoms. The number of carbonyl (C=O) groups is 2. The highest BCUT2D eigenvalue weighted by atomic mass is 19.4. The summed E-state index contributed by atoms with van der Waals surface area (Å²) < 4.78 is 45.2. The molecule has 0 radical (unpaired) electrons. The Morgan fingerprint density at radius 1 is 1.12 bits per heavy atom. The molecule has 0 aliphatic carbocycles. The van der Waals surface area contributed by atoms with Crippen molar-refractivity contribution in [2.75, 3.05) is 33.2 Å². The number of likely N-dealkylation sites (tertiary alicyclic amines) is 1. The quantitative estimate of drug-likeness (QED) is 0.519. The minimum absolute atomic E-state index is 0.0204. The average Bonchev–Trinajstić information content (AvgIpc) is 3.50. The maximum absolute atomic E-state index is 13.0. The van der Waals surface area contributed by atoms with Crippen molar-refractivity contribution in [2.24, 2.45) is 5.92 Å². The van der Waals surface area contributed by atoms with E-state index in [2.05, 4.69) is 20.4 Å². The number of ether oxygens (including phenoxy) is 1. The molecule has 2 aliphatic rings. The first-order valence-corrected chi connectivity index (χ1v) is 12.7. The molecule has 212 valence electrons. The predicted octanol–water partition coefficient (Wildman–Crippen LogP) is 1.65. The van der Waals surface area contributed by atoms with Crippen molar-refractivity contribution in [1.29, 1.82) is 0 Å². The van der Waals surface area contributed by atoms with E-state index in [0.29, 0.717) is 30.9 Å². The van der Waals surface area contributed by atoms with Crippen LogP contribution >= 0.6 is 0 Å². The van der Waals surface area contributed by atoms with Crippen molar-refractivity contribution in [3.8, 4) is 5.75 Å². The number of fused-ring (bicyclic) bond motifs is 6. The molecule has 0 spiro atoms. The molecule has 2 aliphatic heterocycles. The minimum Gasteiger partial charge on any atom is -0.406 e. The number of amides is 2. The lowest BCUT2D eigenvalue weighted by Crippen LogP contribution is -2.39. The zero-order valence-electron chi connectivity index (χ0n) is 21.7. The molecule has 2 atom stereocenters. The summed E-state index contributed by atoms with van der Waals surface area (Å²) in [7, 11) is 1.57. The summed E-state index contributed by atoms with van der Waals surface area (Å²) in [6, 6.07) is 8.68. The molecule has 1 saturated heterocycles. The Kier molecular flexibility index (Phi) is 7.61. The molecule has 2 amide bonds. The second-order valence-corrected chi connectivity index (χ2v) is 10.0. The van der Waals surface area contributed by atoms with Crippen LogP contribution in [0.25, 0.3) is 0 Å². The normalized spacial score (nSPS) is 20.8. The maximum Gasteiger partial charge on any atom is 0.573 e. The molecule has 11 nitrogen and oxygen atoms in total. The van der Waals surface area contributed by atoms with E-state index in [0.717, 1.165) is 0 Å². The number of rotatable bonds is 3. The number of nitrogens with one attached hydrogen (secondary N) is 1. The topological polar surface area (TPSA) is 115 Å². The predicted molar refractivity (Wildman–Crippen MR) is 135 cm³/mol. The average molecular weight is 560 g/mol. The Labute approximate surface area is 227 Å². The SMILES string of the molecule is CN1CCNC(=O)C[C@H]2CN(Cc3cccc(OC(F)(F)F)c3)C[C@H]2n2cc(nn2)Cn2cccc(c2=O)C1=O. The highest BCUT2D eigenvalue weighted by Crippen LogP contribution is 2.32. The van der Waals surface area contributed by atoms with Crippen LogP contribution in [0.5, 0.6) is 5.75 Å². The number of nitrogens with zero attached hydrogens (tertiary/aromatic N) is 6. The van der Waals surface area contributed by atoms with Crippen LogP contribution in [0.3, 0.4) is 0 Å². The van der Waals surface area contributed by atoms with Crippen LogP contribution in [0, 0.1) is 5.92 Å². The first kappa shape index (κ1) is 27.4. The Hall–Kier alpha value is -4.20.